The zero-order valence-electron chi connectivity index (χ0n) is 12.7. The predicted molar refractivity (Wildman–Crippen MR) is 88.1 cm³/mol. The van der Waals surface area contributed by atoms with Crippen LogP contribution in [0, 0.1) is 11.3 Å². The quantitative estimate of drug-likeness (QED) is 0.842. The number of esters is 1. The van der Waals surface area contributed by atoms with Crippen molar-refractivity contribution in [2.24, 2.45) is 0 Å². The van der Waals surface area contributed by atoms with Crippen molar-refractivity contribution in [3.63, 3.8) is 0 Å². The third-order valence-corrected chi connectivity index (χ3v) is 3.28. The Balaban J connectivity index is 1.97. The molecular weight excluding hydrogens is 332 g/mol. The van der Waals surface area contributed by atoms with Crippen LogP contribution < -0.4 is 10.1 Å². The minimum Gasteiger partial charge on any atom is -0.482 e. The number of hydrogen-bond donors (Lipinski definition) is 1. The van der Waals surface area contributed by atoms with E-state index in [0.29, 0.717) is 22.6 Å². The van der Waals surface area contributed by atoms with Crippen LogP contribution in [0.1, 0.15) is 15.9 Å². The molecule has 0 unspecified atom stereocenters. The van der Waals surface area contributed by atoms with Gasteiger partial charge in [-0.1, -0.05) is 17.7 Å². The number of nitriles is 1. The number of carbonyl (C=O) groups excluding carboxylic acids is 2. The van der Waals surface area contributed by atoms with Crippen molar-refractivity contribution in [1.29, 1.82) is 5.26 Å². The van der Waals surface area contributed by atoms with Crippen molar-refractivity contribution >= 4 is 29.2 Å². The van der Waals surface area contributed by atoms with Gasteiger partial charge in [-0.2, -0.15) is 5.26 Å². The van der Waals surface area contributed by atoms with Gasteiger partial charge in [0.15, 0.2) is 6.61 Å². The molecule has 0 spiro atoms. The highest BCUT2D eigenvalue weighted by Crippen LogP contribution is 2.25. The maximum atomic E-state index is 11.9. The molecule has 1 amide bonds. The first-order valence-electron chi connectivity index (χ1n) is 6.84. The Labute approximate surface area is 143 Å². The predicted octanol–water partition coefficient (Wildman–Crippen LogP) is 3.02. The Morgan fingerprint density at radius 3 is 2.71 bits per heavy atom. The van der Waals surface area contributed by atoms with Crippen molar-refractivity contribution in [3.05, 3.63) is 58.6 Å². The molecule has 0 aliphatic carbocycles. The Morgan fingerprint density at radius 1 is 1.25 bits per heavy atom. The van der Waals surface area contributed by atoms with Crippen LogP contribution in [0.4, 0.5) is 5.69 Å². The van der Waals surface area contributed by atoms with Crippen LogP contribution >= 0.6 is 11.6 Å². The van der Waals surface area contributed by atoms with E-state index in [0.717, 1.165) is 0 Å². The van der Waals surface area contributed by atoms with Crippen LogP contribution in [0.5, 0.6) is 5.75 Å². The fourth-order valence-corrected chi connectivity index (χ4v) is 2.10. The largest absolute Gasteiger partial charge is 0.482 e. The van der Waals surface area contributed by atoms with Crippen LogP contribution in [0.25, 0.3) is 0 Å². The molecule has 24 heavy (non-hydrogen) atoms. The zero-order valence-corrected chi connectivity index (χ0v) is 13.5. The van der Waals surface area contributed by atoms with Gasteiger partial charge in [-0.15, -0.1) is 0 Å². The topological polar surface area (TPSA) is 88.4 Å². The molecule has 0 aromatic heterocycles. The summed E-state index contributed by atoms with van der Waals surface area (Å²) in [4.78, 5) is 23.4. The summed E-state index contributed by atoms with van der Waals surface area (Å²) in [6, 6.07) is 12.8. The van der Waals surface area contributed by atoms with E-state index in [-0.39, 0.29) is 11.6 Å². The number of halogens is 1. The summed E-state index contributed by atoms with van der Waals surface area (Å²) in [5, 5.41) is 11.6. The second-order valence-electron chi connectivity index (χ2n) is 4.67. The molecule has 0 saturated carbocycles. The van der Waals surface area contributed by atoms with Crippen molar-refractivity contribution < 1.29 is 19.1 Å². The number of benzene rings is 2. The van der Waals surface area contributed by atoms with Gasteiger partial charge in [-0.3, -0.25) is 4.79 Å². The molecule has 2 aromatic carbocycles. The van der Waals surface area contributed by atoms with Crippen LogP contribution in [0.15, 0.2) is 42.5 Å². The van der Waals surface area contributed by atoms with Gasteiger partial charge >= 0.3 is 5.97 Å². The number of amides is 1. The number of hydrogen-bond acceptors (Lipinski definition) is 5. The first-order chi connectivity index (χ1) is 11.5. The number of nitrogens with zero attached hydrogens (tertiary/aromatic N) is 1. The smallest absolute Gasteiger partial charge is 0.337 e. The molecule has 0 fully saturated rings. The van der Waals surface area contributed by atoms with E-state index < -0.39 is 11.9 Å². The SMILES string of the molecule is COC(=O)c1cccc(NC(=O)COc2ccc(C#N)cc2Cl)c1. The van der Waals surface area contributed by atoms with Gasteiger partial charge < -0.3 is 14.8 Å². The Morgan fingerprint density at radius 2 is 2.04 bits per heavy atom. The van der Waals surface area contributed by atoms with Gasteiger partial charge in [0.2, 0.25) is 0 Å². The number of anilines is 1. The number of rotatable bonds is 5. The number of methoxy groups -OCH3 is 1. The van der Waals surface area contributed by atoms with Crippen molar-refractivity contribution in [3.8, 4) is 11.8 Å². The highest BCUT2D eigenvalue weighted by atomic mass is 35.5. The standard InChI is InChI=1S/C17H13ClN2O4/c1-23-17(22)12-3-2-4-13(8-12)20-16(21)10-24-15-6-5-11(9-19)7-14(15)18/h2-8H,10H2,1H3,(H,20,21). The van der Waals surface area contributed by atoms with E-state index in [1.807, 2.05) is 6.07 Å². The summed E-state index contributed by atoms with van der Waals surface area (Å²) in [7, 11) is 1.28. The molecule has 0 heterocycles. The molecule has 0 saturated heterocycles. The third kappa shape index (κ3) is 4.48. The zero-order chi connectivity index (χ0) is 17.5. The minimum absolute atomic E-state index is 0.245. The lowest BCUT2D eigenvalue weighted by Crippen LogP contribution is -2.20. The van der Waals surface area contributed by atoms with Gasteiger partial charge in [0.1, 0.15) is 5.75 Å². The average Bonchev–Trinajstić information content (AvgIpc) is 2.60. The summed E-state index contributed by atoms with van der Waals surface area (Å²) in [5.41, 5.74) is 1.17. The molecule has 0 bridgehead atoms. The second kappa shape index (κ2) is 7.99. The summed E-state index contributed by atoms with van der Waals surface area (Å²) < 4.78 is 9.94. The lowest BCUT2D eigenvalue weighted by Gasteiger charge is -2.09. The molecule has 1 N–H and O–H groups in total. The first-order valence-corrected chi connectivity index (χ1v) is 7.22. The normalized spacial score (nSPS) is 9.71. The molecule has 0 aliphatic heterocycles. The molecule has 0 atom stereocenters. The Kier molecular flexibility index (Phi) is 5.77. The van der Waals surface area contributed by atoms with Gasteiger partial charge in [0.25, 0.3) is 5.91 Å². The highest BCUT2D eigenvalue weighted by molar-refractivity contribution is 6.32. The fraction of sp³-hybridized carbons (Fsp3) is 0.118. The monoisotopic (exact) mass is 344 g/mol. The molecule has 7 heteroatoms. The highest BCUT2D eigenvalue weighted by Gasteiger charge is 2.09. The van der Waals surface area contributed by atoms with E-state index in [1.54, 1.807) is 24.3 Å². The van der Waals surface area contributed by atoms with E-state index >= 15 is 0 Å². The first kappa shape index (κ1) is 17.3. The maximum Gasteiger partial charge on any atom is 0.337 e. The number of carbonyl (C=O) groups is 2. The van der Waals surface area contributed by atoms with E-state index in [2.05, 4.69) is 10.1 Å². The summed E-state index contributed by atoms with van der Waals surface area (Å²) in [5.74, 6) is -0.613. The summed E-state index contributed by atoms with van der Waals surface area (Å²) in [6.07, 6.45) is 0. The molecule has 0 aliphatic rings. The van der Waals surface area contributed by atoms with Crippen molar-refractivity contribution in [1.82, 2.24) is 0 Å². The fourth-order valence-electron chi connectivity index (χ4n) is 1.87. The van der Waals surface area contributed by atoms with Crippen LogP contribution in [-0.2, 0) is 9.53 Å². The van der Waals surface area contributed by atoms with Gasteiger partial charge in [-0.05, 0) is 36.4 Å². The molecule has 6 nitrogen and oxygen atoms in total. The van der Waals surface area contributed by atoms with Crippen molar-refractivity contribution in [2.75, 3.05) is 19.0 Å². The van der Waals surface area contributed by atoms with Gasteiger partial charge in [0, 0.05) is 5.69 Å². The van der Waals surface area contributed by atoms with Crippen molar-refractivity contribution in [2.45, 2.75) is 0 Å². The molecule has 0 radical (unpaired) electrons. The number of ether oxygens (including phenoxy) is 2. The Hall–Kier alpha value is -3.04. The maximum absolute atomic E-state index is 11.9. The molecule has 122 valence electrons. The number of nitrogens with one attached hydrogen (secondary N) is 1. The van der Waals surface area contributed by atoms with E-state index in [4.69, 9.17) is 21.6 Å². The minimum atomic E-state index is -0.494. The lowest BCUT2D eigenvalue weighted by molar-refractivity contribution is -0.118. The van der Waals surface area contributed by atoms with Crippen LogP contribution in [0.2, 0.25) is 5.02 Å². The molecule has 2 aromatic rings. The van der Waals surface area contributed by atoms with Gasteiger partial charge in [0.05, 0.1) is 29.3 Å². The molecular formula is C17H13ClN2O4. The second-order valence-corrected chi connectivity index (χ2v) is 5.07. The summed E-state index contributed by atoms with van der Waals surface area (Å²) >= 11 is 5.96. The summed E-state index contributed by atoms with van der Waals surface area (Å²) in [6.45, 7) is -0.270. The average molecular weight is 345 g/mol. The van der Waals surface area contributed by atoms with Crippen LogP contribution in [0.3, 0.4) is 0 Å². The van der Waals surface area contributed by atoms with Gasteiger partial charge in [-0.25, -0.2) is 4.79 Å². The van der Waals surface area contributed by atoms with Crippen LogP contribution in [-0.4, -0.2) is 25.6 Å². The Bertz CT molecular complexity index is 814. The van der Waals surface area contributed by atoms with E-state index in [1.165, 1.54) is 25.3 Å². The van der Waals surface area contributed by atoms with E-state index in [9.17, 15) is 9.59 Å². The lowest BCUT2D eigenvalue weighted by atomic mass is 10.2. The molecule has 2 rings (SSSR count). The third-order valence-electron chi connectivity index (χ3n) is 2.99.